The average Bonchev–Trinajstić information content (AvgIpc) is 2.37. The van der Waals surface area contributed by atoms with Crippen LogP contribution in [0.1, 0.15) is 12.7 Å². The van der Waals surface area contributed by atoms with Crippen molar-refractivity contribution in [3.8, 4) is 0 Å². The van der Waals surface area contributed by atoms with Crippen LogP contribution in [-0.4, -0.2) is 17.0 Å². The maximum absolute atomic E-state index is 13.1. The quantitative estimate of drug-likeness (QED) is 0.891. The van der Waals surface area contributed by atoms with Gasteiger partial charge in [0.05, 0.1) is 0 Å². The number of hydrogen-bond donors (Lipinski definition) is 2. The number of benzene rings is 1. The van der Waals surface area contributed by atoms with Gasteiger partial charge in [-0.3, -0.25) is 0 Å². The van der Waals surface area contributed by atoms with Gasteiger partial charge in [-0.1, -0.05) is 6.92 Å². The van der Waals surface area contributed by atoms with Crippen LogP contribution in [-0.2, 0) is 6.42 Å². The maximum atomic E-state index is 13.1. The Bertz CT molecular complexity index is 544. The molecule has 0 saturated heterocycles. The minimum absolute atomic E-state index is 0.306. The van der Waals surface area contributed by atoms with Crippen LogP contribution >= 0.6 is 0 Å². The second-order valence-corrected chi connectivity index (χ2v) is 3.94. The van der Waals surface area contributed by atoms with E-state index in [2.05, 4.69) is 20.6 Å². The fraction of sp³-hybridized carbons (Fsp3) is 0.231. The molecule has 2 aromatic rings. The van der Waals surface area contributed by atoms with Gasteiger partial charge < -0.3 is 10.6 Å². The minimum Gasteiger partial charge on any atom is -0.373 e. The zero-order valence-corrected chi connectivity index (χ0v) is 10.7. The Morgan fingerprint density at radius 1 is 1.00 bits per heavy atom. The van der Waals surface area contributed by atoms with Crippen LogP contribution in [0.3, 0.4) is 0 Å². The second-order valence-electron chi connectivity index (χ2n) is 3.94. The van der Waals surface area contributed by atoms with Crippen LogP contribution in [0.15, 0.2) is 24.3 Å². The third-order valence-corrected chi connectivity index (χ3v) is 2.48. The molecule has 1 aromatic heterocycles. The summed E-state index contributed by atoms with van der Waals surface area (Å²) < 4.78 is 26.2. The number of anilines is 3. The van der Waals surface area contributed by atoms with Crippen molar-refractivity contribution < 1.29 is 8.78 Å². The molecule has 0 aliphatic heterocycles. The van der Waals surface area contributed by atoms with E-state index < -0.39 is 11.6 Å². The van der Waals surface area contributed by atoms with E-state index in [4.69, 9.17) is 0 Å². The van der Waals surface area contributed by atoms with Gasteiger partial charge in [0.25, 0.3) is 0 Å². The van der Waals surface area contributed by atoms with Crippen LogP contribution < -0.4 is 10.6 Å². The molecule has 100 valence electrons. The van der Waals surface area contributed by atoms with E-state index in [1.807, 2.05) is 6.92 Å². The SMILES string of the molecule is CCc1nc(NC)cc(Nc2cc(F)cc(F)c2)n1. The molecule has 0 aliphatic rings. The van der Waals surface area contributed by atoms with Crippen molar-refractivity contribution in [2.75, 3.05) is 17.7 Å². The highest BCUT2D eigenvalue weighted by molar-refractivity contribution is 5.59. The van der Waals surface area contributed by atoms with Gasteiger partial charge in [-0.05, 0) is 12.1 Å². The third-order valence-electron chi connectivity index (χ3n) is 2.48. The maximum Gasteiger partial charge on any atom is 0.136 e. The van der Waals surface area contributed by atoms with Gasteiger partial charge in [0.2, 0.25) is 0 Å². The molecule has 2 rings (SSSR count). The first-order chi connectivity index (χ1) is 9.10. The molecule has 6 heteroatoms. The van der Waals surface area contributed by atoms with Crippen molar-refractivity contribution in [3.63, 3.8) is 0 Å². The van der Waals surface area contributed by atoms with E-state index in [-0.39, 0.29) is 0 Å². The van der Waals surface area contributed by atoms with Crippen molar-refractivity contribution in [2.45, 2.75) is 13.3 Å². The van der Waals surface area contributed by atoms with Crippen molar-refractivity contribution in [3.05, 3.63) is 41.7 Å². The third kappa shape index (κ3) is 3.37. The number of aryl methyl sites for hydroxylation is 1. The lowest BCUT2D eigenvalue weighted by Gasteiger charge is -2.09. The Morgan fingerprint density at radius 2 is 1.63 bits per heavy atom. The van der Waals surface area contributed by atoms with E-state index >= 15 is 0 Å². The molecule has 0 amide bonds. The Morgan fingerprint density at radius 3 is 2.21 bits per heavy atom. The molecular formula is C13H14F2N4. The van der Waals surface area contributed by atoms with Crippen molar-refractivity contribution >= 4 is 17.3 Å². The summed E-state index contributed by atoms with van der Waals surface area (Å²) in [5, 5.41) is 5.78. The van der Waals surface area contributed by atoms with Crippen LogP contribution in [0.4, 0.5) is 26.1 Å². The number of aromatic nitrogens is 2. The fourth-order valence-electron chi connectivity index (χ4n) is 1.62. The molecule has 1 heterocycles. The van der Waals surface area contributed by atoms with Crippen LogP contribution in [0.2, 0.25) is 0 Å². The molecule has 0 saturated carbocycles. The summed E-state index contributed by atoms with van der Waals surface area (Å²) in [6.45, 7) is 1.93. The zero-order chi connectivity index (χ0) is 13.8. The molecule has 4 nitrogen and oxygen atoms in total. The number of hydrogen-bond acceptors (Lipinski definition) is 4. The van der Waals surface area contributed by atoms with E-state index in [1.165, 1.54) is 12.1 Å². The highest BCUT2D eigenvalue weighted by atomic mass is 19.1. The molecule has 0 fully saturated rings. The lowest BCUT2D eigenvalue weighted by molar-refractivity contribution is 0.584. The van der Waals surface area contributed by atoms with Gasteiger partial charge in [0, 0.05) is 31.3 Å². The van der Waals surface area contributed by atoms with Gasteiger partial charge in [-0.15, -0.1) is 0 Å². The van der Waals surface area contributed by atoms with Crippen molar-refractivity contribution in [2.24, 2.45) is 0 Å². The Kier molecular flexibility index (Phi) is 3.89. The van der Waals surface area contributed by atoms with Crippen molar-refractivity contribution in [1.82, 2.24) is 9.97 Å². The summed E-state index contributed by atoms with van der Waals surface area (Å²) in [6, 6.07) is 4.90. The Balaban J connectivity index is 2.31. The van der Waals surface area contributed by atoms with Crippen LogP contribution in [0.5, 0.6) is 0 Å². The summed E-state index contributed by atoms with van der Waals surface area (Å²) in [5.41, 5.74) is 0.306. The average molecular weight is 264 g/mol. The number of rotatable bonds is 4. The first-order valence-electron chi connectivity index (χ1n) is 5.89. The predicted molar refractivity (Wildman–Crippen MR) is 70.6 cm³/mol. The van der Waals surface area contributed by atoms with E-state index in [9.17, 15) is 8.78 Å². The van der Waals surface area contributed by atoms with Crippen LogP contribution in [0, 0.1) is 11.6 Å². The summed E-state index contributed by atoms with van der Waals surface area (Å²) in [7, 11) is 1.74. The second kappa shape index (κ2) is 5.60. The monoisotopic (exact) mass is 264 g/mol. The normalized spacial score (nSPS) is 10.3. The largest absolute Gasteiger partial charge is 0.373 e. The summed E-state index contributed by atoms with van der Waals surface area (Å²) in [4.78, 5) is 8.48. The Hall–Kier alpha value is -2.24. The van der Waals surface area contributed by atoms with Gasteiger partial charge in [-0.2, -0.15) is 0 Å². The first kappa shape index (κ1) is 13.2. The molecule has 0 spiro atoms. The number of nitrogens with one attached hydrogen (secondary N) is 2. The summed E-state index contributed by atoms with van der Waals surface area (Å²) in [6.07, 6.45) is 0.668. The summed E-state index contributed by atoms with van der Waals surface area (Å²) >= 11 is 0. The van der Waals surface area contributed by atoms with E-state index in [0.29, 0.717) is 29.6 Å². The topological polar surface area (TPSA) is 49.8 Å². The molecule has 0 bridgehead atoms. The molecule has 2 N–H and O–H groups in total. The van der Waals surface area contributed by atoms with E-state index in [1.54, 1.807) is 13.1 Å². The fourth-order valence-corrected chi connectivity index (χ4v) is 1.62. The van der Waals surface area contributed by atoms with Gasteiger partial charge in [-0.25, -0.2) is 18.7 Å². The highest BCUT2D eigenvalue weighted by Gasteiger charge is 2.05. The standard InChI is InChI=1S/C13H14F2N4/c1-3-11-18-12(16-2)7-13(19-11)17-10-5-8(14)4-9(15)6-10/h4-7H,3H2,1-2H3,(H2,16,17,18,19). The lowest BCUT2D eigenvalue weighted by Crippen LogP contribution is -2.03. The summed E-state index contributed by atoms with van der Waals surface area (Å²) in [5.74, 6) is 0.501. The predicted octanol–water partition coefficient (Wildman–Crippen LogP) is 3.10. The van der Waals surface area contributed by atoms with Crippen LogP contribution in [0.25, 0.3) is 0 Å². The molecule has 0 atom stereocenters. The Labute approximate surface area is 109 Å². The lowest BCUT2D eigenvalue weighted by atomic mass is 10.3. The highest BCUT2D eigenvalue weighted by Crippen LogP contribution is 2.19. The van der Waals surface area contributed by atoms with E-state index in [0.717, 1.165) is 6.07 Å². The number of halogens is 2. The molecule has 0 unspecified atom stereocenters. The zero-order valence-electron chi connectivity index (χ0n) is 10.7. The van der Waals surface area contributed by atoms with Gasteiger partial charge in [0.15, 0.2) is 0 Å². The van der Waals surface area contributed by atoms with Gasteiger partial charge in [0.1, 0.15) is 29.1 Å². The molecular weight excluding hydrogens is 250 g/mol. The molecule has 1 aromatic carbocycles. The van der Waals surface area contributed by atoms with Gasteiger partial charge >= 0.3 is 0 Å². The number of nitrogens with zero attached hydrogens (tertiary/aromatic N) is 2. The molecule has 0 aliphatic carbocycles. The minimum atomic E-state index is -0.638. The first-order valence-corrected chi connectivity index (χ1v) is 5.89. The molecule has 19 heavy (non-hydrogen) atoms. The molecule has 0 radical (unpaired) electrons. The van der Waals surface area contributed by atoms with Crippen molar-refractivity contribution in [1.29, 1.82) is 0 Å². The smallest absolute Gasteiger partial charge is 0.136 e.